The topological polar surface area (TPSA) is 59.8 Å². The highest BCUT2D eigenvalue weighted by molar-refractivity contribution is 6.30. The lowest BCUT2D eigenvalue weighted by atomic mass is 9.95. The fraction of sp³-hybridized carbons (Fsp3) is 0.250. The molecule has 4 rings (SSSR count). The van der Waals surface area contributed by atoms with Crippen LogP contribution in [0.15, 0.2) is 61.2 Å². The fourth-order valence-electron chi connectivity index (χ4n) is 3.17. The number of carbonyl (C=O) groups excluding carboxylic acids is 1. The Balaban J connectivity index is 1.37. The normalized spacial score (nSPS) is 14.8. The number of aromatic nitrogens is 3. The third-order valence-electron chi connectivity index (χ3n) is 4.85. The molecule has 0 saturated heterocycles. The van der Waals surface area contributed by atoms with E-state index in [1.54, 1.807) is 11.0 Å². The molecule has 1 aliphatic carbocycles. The second-order valence-corrected chi connectivity index (χ2v) is 7.12. The molecule has 0 atom stereocenters. The third-order valence-corrected chi connectivity index (χ3v) is 5.08. The first-order valence-electron chi connectivity index (χ1n) is 8.60. The van der Waals surface area contributed by atoms with E-state index in [0.29, 0.717) is 18.1 Å². The van der Waals surface area contributed by atoms with Crippen LogP contribution in [0, 0.1) is 0 Å². The molecule has 5 nitrogen and oxygen atoms in total. The van der Waals surface area contributed by atoms with Crippen molar-refractivity contribution in [2.24, 2.45) is 0 Å². The lowest BCUT2D eigenvalue weighted by Crippen LogP contribution is -2.34. The van der Waals surface area contributed by atoms with Crippen LogP contribution in [0.25, 0.3) is 0 Å². The zero-order valence-electron chi connectivity index (χ0n) is 14.2. The molecule has 1 heterocycles. The molecular weight excluding hydrogens is 348 g/mol. The summed E-state index contributed by atoms with van der Waals surface area (Å²) >= 11 is 6.08. The molecule has 1 aliphatic rings. The van der Waals surface area contributed by atoms with E-state index in [9.17, 15) is 4.79 Å². The maximum absolute atomic E-state index is 12.7. The molecule has 0 spiro atoms. The Morgan fingerprint density at radius 3 is 2.58 bits per heavy atom. The van der Waals surface area contributed by atoms with Gasteiger partial charge in [0.1, 0.15) is 12.7 Å². The standard InChI is InChI=1S/C20H19ClN4O/c21-18-3-1-2-17(10-18)20(8-9-20)19(26)23-11-15-4-6-16(7-5-15)12-25-14-22-13-24-25/h1-7,10,13-14H,8-9,11-12H2,(H,23,26). The number of hydrogen-bond donors (Lipinski definition) is 1. The lowest BCUT2D eigenvalue weighted by Gasteiger charge is -2.16. The highest BCUT2D eigenvalue weighted by Crippen LogP contribution is 2.48. The molecule has 132 valence electrons. The lowest BCUT2D eigenvalue weighted by molar-refractivity contribution is -0.123. The van der Waals surface area contributed by atoms with Gasteiger partial charge in [-0.15, -0.1) is 0 Å². The van der Waals surface area contributed by atoms with E-state index < -0.39 is 5.41 Å². The van der Waals surface area contributed by atoms with Crippen LogP contribution in [0.2, 0.25) is 5.02 Å². The zero-order valence-corrected chi connectivity index (χ0v) is 15.0. The van der Waals surface area contributed by atoms with Gasteiger partial charge in [-0.05, 0) is 41.7 Å². The van der Waals surface area contributed by atoms with Crippen molar-refractivity contribution in [2.75, 3.05) is 0 Å². The number of rotatable bonds is 6. The summed E-state index contributed by atoms with van der Waals surface area (Å²) in [6, 6.07) is 15.8. The third kappa shape index (κ3) is 3.48. The monoisotopic (exact) mass is 366 g/mol. The summed E-state index contributed by atoms with van der Waals surface area (Å²) in [5.74, 6) is 0.0754. The molecule has 1 saturated carbocycles. The molecule has 1 N–H and O–H groups in total. The highest BCUT2D eigenvalue weighted by Gasteiger charge is 2.51. The molecule has 0 aliphatic heterocycles. The van der Waals surface area contributed by atoms with E-state index in [4.69, 9.17) is 11.6 Å². The Labute approximate surface area is 157 Å². The van der Waals surface area contributed by atoms with Gasteiger partial charge in [0.25, 0.3) is 0 Å². The number of hydrogen-bond acceptors (Lipinski definition) is 3. The summed E-state index contributed by atoms with van der Waals surface area (Å²) in [5, 5.41) is 7.85. The average Bonchev–Trinajstić information content (AvgIpc) is 3.32. The van der Waals surface area contributed by atoms with Crippen LogP contribution in [0.3, 0.4) is 0 Å². The predicted molar refractivity (Wildman–Crippen MR) is 99.8 cm³/mol. The van der Waals surface area contributed by atoms with Gasteiger partial charge in [-0.1, -0.05) is 48.0 Å². The molecule has 26 heavy (non-hydrogen) atoms. The number of nitrogens with zero attached hydrogens (tertiary/aromatic N) is 3. The number of carbonyl (C=O) groups is 1. The Hall–Kier alpha value is -2.66. The van der Waals surface area contributed by atoms with E-state index >= 15 is 0 Å². The molecule has 1 amide bonds. The quantitative estimate of drug-likeness (QED) is 0.728. The van der Waals surface area contributed by atoms with E-state index in [1.165, 1.54) is 6.33 Å². The average molecular weight is 367 g/mol. The molecule has 1 fully saturated rings. The smallest absolute Gasteiger partial charge is 0.230 e. The summed E-state index contributed by atoms with van der Waals surface area (Å²) < 4.78 is 1.78. The van der Waals surface area contributed by atoms with Crippen molar-refractivity contribution in [2.45, 2.75) is 31.3 Å². The summed E-state index contributed by atoms with van der Waals surface area (Å²) in [6.45, 7) is 1.20. The van der Waals surface area contributed by atoms with Crippen molar-refractivity contribution < 1.29 is 4.79 Å². The van der Waals surface area contributed by atoms with Crippen LogP contribution >= 0.6 is 11.6 Å². The summed E-state index contributed by atoms with van der Waals surface area (Å²) in [4.78, 5) is 16.7. The van der Waals surface area contributed by atoms with Crippen molar-refractivity contribution in [3.05, 3.63) is 82.9 Å². The first-order valence-corrected chi connectivity index (χ1v) is 8.98. The molecule has 0 unspecified atom stereocenters. The molecule has 6 heteroatoms. The van der Waals surface area contributed by atoms with Gasteiger partial charge in [0.15, 0.2) is 0 Å². The summed E-state index contributed by atoms with van der Waals surface area (Å²) in [5.41, 5.74) is 2.81. The van der Waals surface area contributed by atoms with Gasteiger partial charge >= 0.3 is 0 Å². The van der Waals surface area contributed by atoms with Gasteiger partial charge in [0.05, 0.1) is 12.0 Å². The van der Waals surface area contributed by atoms with Gasteiger partial charge in [0, 0.05) is 11.6 Å². The second kappa shape index (κ2) is 6.92. The number of benzene rings is 2. The van der Waals surface area contributed by atoms with Crippen molar-refractivity contribution in [1.82, 2.24) is 20.1 Å². The molecule has 0 bridgehead atoms. The van der Waals surface area contributed by atoms with E-state index in [1.807, 2.05) is 48.5 Å². The Kier molecular flexibility index (Phi) is 4.47. The van der Waals surface area contributed by atoms with Gasteiger partial charge in [-0.25, -0.2) is 9.67 Å². The van der Waals surface area contributed by atoms with Gasteiger partial charge in [-0.3, -0.25) is 4.79 Å². The van der Waals surface area contributed by atoms with Crippen molar-refractivity contribution >= 4 is 17.5 Å². The SMILES string of the molecule is O=C(NCc1ccc(Cn2cncn2)cc1)C1(c2cccc(Cl)c2)CC1. The van der Waals surface area contributed by atoms with E-state index in [2.05, 4.69) is 15.4 Å². The maximum Gasteiger partial charge on any atom is 0.230 e. The molecule has 3 aromatic rings. The minimum atomic E-state index is -0.405. The minimum absolute atomic E-state index is 0.0754. The van der Waals surface area contributed by atoms with Crippen molar-refractivity contribution in [1.29, 1.82) is 0 Å². The first kappa shape index (κ1) is 16.8. The first-order chi connectivity index (χ1) is 12.7. The van der Waals surface area contributed by atoms with Crippen LogP contribution < -0.4 is 5.32 Å². The molecule has 2 aromatic carbocycles. The Morgan fingerprint density at radius 2 is 1.92 bits per heavy atom. The maximum atomic E-state index is 12.7. The number of nitrogens with one attached hydrogen (secondary N) is 1. The van der Waals surface area contributed by atoms with Crippen molar-refractivity contribution in [3.63, 3.8) is 0 Å². The van der Waals surface area contributed by atoms with Crippen molar-refractivity contribution in [3.8, 4) is 0 Å². The highest BCUT2D eigenvalue weighted by atomic mass is 35.5. The van der Waals surface area contributed by atoms with Gasteiger partial charge in [-0.2, -0.15) is 5.10 Å². The van der Waals surface area contributed by atoms with Crippen LogP contribution in [0.1, 0.15) is 29.5 Å². The summed E-state index contributed by atoms with van der Waals surface area (Å²) in [6.07, 6.45) is 4.96. The van der Waals surface area contributed by atoms with Crippen LogP contribution in [0.5, 0.6) is 0 Å². The molecule has 0 radical (unpaired) electrons. The van der Waals surface area contributed by atoms with Crippen LogP contribution in [-0.2, 0) is 23.3 Å². The summed E-state index contributed by atoms with van der Waals surface area (Å²) in [7, 11) is 0. The number of amides is 1. The molecular formula is C20H19ClN4O. The number of halogens is 1. The van der Waals surface area contributed by atoms with Gasteiger partial charge in [0.2, 0.25) is 5.91 Å². The van der Waals surface area contributed by atoms with Gasteiger partial charge < -0.3 is 5.32 Å². The van der Waals surface area contributed by atoms with Crippen LogP contribution in [0.4, 0.5) is 0 Å². The Morgan fingerprint density at radius 1 is 1.15 bits per heavy atom. The van der Waals surface area contributed by atoms with E-state index in [0.717, 1.165) is 29.5 Å². The molecule has 1 aromatic heterocycles. The predicted octanol–water partition coefficient (Wildman–Crippen LogP) is 3.33. The largest absolute Gasteiger partial charge is 0.351 e. The van der Waals surface area contributed by atoms with Crippen LogP contribution in [-0.4, -0.2) is 20.7 Å². The zero-order chi connectivity index (χ0) is 18.0. The van der Waals surface area contributed by atoms with E-state index in [-0.39, 0.29) is 5.91 Å². The Bertz CT molecular complexity index is 902. The fourth-order valence-corrected chi connectivity index (χ4v) is 3.36. The minimum Gasteiger partial charge on any atom is -0.351 e. The second-order valence-electron chi connectivity index (χ2n) is 6.68.